The summed E-state index contributed by atoms with van der Waals surface area (Å²) in [7, 11) is -3.85. The number of ether oxygens (including phenoxy) is 1. The van der Waals surface area contributed by atoms with Gasteiger partial charge in [0.25, 0.3) is 5.69 Å². The maximum atomic E-state index is 13.5. The highest BCUT2D eigenvalue weighted by Crippen LogP contribution is 2.50. The average molecular weight is 435 g/mol. The second-order valence-corrected chi connectivity index (χ2v) is 10.1. The van der Waals surface area contributed by atoms with E-state index in [1.54, 1.807) is 37.3 Å². The Balaban J connectivity index is 2.19. The molecule has 0 heterocycles. The molecule has 0 saturated carbocycles. The highest BCUT2D eigenvalue weighted by Gasteiger charge is 2.34. The summed E-state index contributed by atoms with van der Waals surface area (Å²) in [5, 5.41) is 10.8. The fourth-order valence-corrected chi connectivity index (χ4v) is 4.26. The number of para-hydroxylation sites is 1. The molecule has 0 amide bonds. The molecule has 0 saturated heterocycles. The summed E-state index contributed by atoms with van der Waals surface area (Å²) < 4.78 is 30.1. The van der Waals surface area contributed by atoms with Gasteiger partial charge < -0.3 is 13.8 Å². The first-order valence-corrected chi connectivity index (χ1v) is 11.1. The number of non-ortho nitro benzene ring substituents is 1. The van der Waals surface area contributed by atoms with Crippen molar-refractivity contribution in [2.24, 2.45) is 11.3 Å². The molecule has 30 heavy (non-hydrogen) atoms. The number of benzene rings is 2. The Labute approximate surface area is 175 Å². The number of carbonyl (C=O) groups is 1. The van der Waals surface area contributed by atoms with E-state index in [-0.39, 0.29) is 29.6 Å². The molecule has 0 fully saturated rings. The van der Waals surface area contributed by atoms with E-state index in [0.29, 0.717) is 5.75 Å². The van der Waals surface area contributed by atoms with Crippen molar-refractivity contribution < 1.29 is 28.1 Å². The van der Waals surface area contributed by atoms with Gasteiger partial charge in [0.15, 0.2) is 0 Å². The van der Waals surface area contributed by atoms with Gasteiger partial charge in [-0.05, 0) is 29.7 Å². The van der Waals surface area contributed by atoms with Crippen LogP contribution in [-0.2, 0) is 14.1 Å². The lowest BCUT2D eigenvalue weighted by molar-refractivity contribution is -0.384. The lowest BCUT2D eigenvalue weighted by atomic mass is 9.99. The van der Waals surface area contributed by atoms with Crippen LogP contribution in [0, 0.1) is 21.4 Å². The third kappa shape index (κ3) is 7.52. The monoisotopic (exact) mass is 435 g/mol. The fraction of sp³-hybridized carbons (Fsp3) is 0.381. The van der Waals surface area contributed by atoms with Gasteiger partial charge in [0.2, 0.25) is 0 Å². The number of hydrogen-bond donors (Lipinski definition) is 0. The molecule has 0 radical (unpaired) electrons. The van der Waals surface area contributed by atoms with E-state index in [2.05, 4.69) is 0 Å². The minimum atomic E-state index is -3.85. The minimum absolute atomic E-state index is 0.125. The van der Waals surface area contributed by atoms with Crippen LogP contribution in [0.5, 0.6) is 11.5 Å². The zero-order valence-electron chi connectivity index (χ0n) is 17.4. The number of rotatable bonds is 9. The molecular weight excluding hydrogens is 409 g/mol. The zero-order chi connectivity index (χ0) is 22.4. The molecule has 2 aromatic carbocycles. The Morgan fingerprint density at radius 2 is 1.57 bits per heavy atom. The predicted octanol–water partition coefficient (Wildman–Crippen LogP) is 5.47. The topological polar surface area (TPSA) is 105 Å². The van der Waals surface area contributed by atoms with Gasteiger partial charge in [-0.25, -0.2) is 4.57 Å². The van der Waals surface area contributed by atoms with Crippen LogP contribution in [0.1, 0.15) is 27.7 Å². The smallest absolute Gasteiger partial charge is 0.431 e. The van der Waals surface area contributed by atoms with Crippen molar-refractivity contribution in [1.82, 2.24) is 0 Å². The summed E-state index contributed by atoms with van der Waals surface area (Å²) in [6, 6.07) is 13.6. The van der Waals surface area contributed by atoms with Gasteiger partial charge in [-0.3, -0.25) is 14.9 Å². The molecule has 2 rings (SSSR count). The maximum Gasteiger partial charge on any atom is 0.431 e. The summed E-state index contributed by atoms with van der Waals surface area (Å²) in [4.78, 5) is 22.6. The van der Waals surface area contributed by atoms with Gasteiger partial charge in [0.05, 0.1) is 23.6 Å². The summed E-state index contributed by atoms with van der Waals surface area (Å²) in [6.45, 7) is 7.62. The molecule has 0 aliphatic rings. The summed E-state index contributed by atoms with van der Waals surface area (Å²) >= 11 is 0. The first-order valence-electron chi connectivity index (χ1n) is 9.42. The molecule has 8 nitrogen and oxygen atoms in total. The van der Waals surface area contributed by atoms with Crippen molar-refractivity contribution in [3.8, 4) is 11.5 Å². The lowest BCUT2D eigenvalue weighted by Gasteiger charge is -2.23. The van der Waals surface area contributed by atoms with Gasteiger partial charge in [-0.15, -0.1) is 0 Å². The van der Waals surface area contributed by atoms with Crippen molar-refractivity contribution >= 4 is 19.3 Å². The van der Waals surface area contributed by atoms with Crippen LogP contribution in [0.4, 0.5) is 5.69 Å². The van der Waals surface area contributed by atoms with Gasteiger partial charge in [-0.1, -0.05) is 45.9 Å². The van der Waals surface area contributed by atoms with Crippen molar-refractivity contribution in [3.05, 3.63) is 64.7 Å². The van der Waals surface area contributed by atoms with Gasteiger partial charge >= 0.3 is 13.6 Å². The van der Waals surface area contributed by atoms with Gasteiger partial charge in [0.1, 0.15) is 11.5 Å². The van der Waals surface area contributed by atoms with Crippen LogP contribution in [0.3, 0.4) is 0 Å². The van der Waals surface area contributed by atoms with E-state index in [1.807, 2.05) is 20.8 Å². The first kappa shape index (κ1) is 23.4. The van der Waals surface area contributed by atoms with Gasteiger partial charge in [0, 0.05) is 12.1 Å². The Bertz CT molecular complexity index is 907. The Morgan fingerprint density at radius 3 is 2.07 bits per heavy atom. The number of nitro benzene ring substituents is 1. The molecule has 162 valence electrons. The van der Waals surface area contributed by atoms with Gasteiger partial charge in [-0.2, -0.15) is 0 Å². The summed E-state index contributed by atoms with van der Waals surface area (Å²) in [5.41, 5.74) is -0.324. The van der Waals surface area contributed by atoms with Crippen LogP contribution >= 0.6 is 7.60 Å². The van der Waals surface area contributed by atoms with E-state index >= 15 is 0 Å². The van der Waals surface area contributed by atoms with Crippen molar-refractivity contribution in [2.75, 3.05) is 12.8 Å². The number of nitro groups is 1. The predicted molar refractivity (Wildman–Crippen MR) is 113 cm³/mol. The van der Waals surface area contributed by atoms with Crippen molar-refractivity contribution in [1.29, 1.82) is 0 Å². The van der Waals surface area contributed by atoms with Crippen LogP contribution in [-0.4, -0.2) is 23.7 Å². The molecule has 2 aromatic rings. The molecular formula is C21H26NO7P. The number of nitrogens with zero attached hydrogens (tertiary/aromatic N) is 1. The number of carbonyl (C=O) groups excluding carboxylic acids is 1. The molecule has 2 atom stereocenters. The molecule has 0 N–H and O–H groups in total. The highest BCUT2D eigenvalue weighted by atomic mass is 31.2. The third-order valence-electron chi connectivity index (χ3n) is 3.83. The third-order valence-corrected chi connectivity index (χ3v) is 5.80. The SMILES string of the molecule is CC(CP(=O)(Oc1ccccc1)Oc1ccc([N+](=O)[O-])cc1)C(=O)OCC(C)(C)C. The molecule has 0 aliphatic heterocycles. The molecule has 0 spiro atoms. The normalized spacial score (nSPS) is 14.3. The van der Waals surface area contributed by atoms with E-state index in [4.69, 9.17) is 13.8 Å². The standard InChI is InChI=1S/C21H26NO7P/c1-16(20(23)27-15-21(2,3)4)14-30(26,28-18-8-6-5-7-9-18)29-19-12-10-17(11-13-19)22(24)25/h5-13,16H,14-15H2,1-4H3. The maximum absolute atomic E-state index is 13.5. The zero-order valence-corrected chi connectivity index (χ0v) is 18.3. The first-order chi connectivity index (χ1) is 14.0. The quantitative estimate of drug-likeness (QED) is 0.222. The fourth-order valence-electron chi connectivity index (χ4n) is 2.36. The average Bonchev–Trinajstić information content (AvgIpc) is 2.66. The second-order valence-electron chi connectivity index (χ2n) is 8.11. The number of esters is 1. The Morgan fingerprint density at radius 1 is 1.03 bits per heavy atom. The molecule has 2 unspecified atom stereocenters. The largest absolute Gasteiger partial charge is 0.465 e. The van der Waals surface area contributed by atoms with E-state index < -0.39 is 24.4 Å². The molecule has 0 bridgehead atoms. The Hall–Kier alpha value is -2.86. The summed E-state index contributed by atoms with van der Waals surface area (Å²) in [5.74, 6) is -0.804. The van der Waals surface area contributed by atoms with E-state index in [0.717, 1.165) is 0 Å². The second kappa shape index (κ2) is 9.76. The van der Waals surface area contributed by atoms with Crippen LogP contribution in [0.15, 0.2) is 54.6 Å². The van der Waals surface area contributed by atoms with Crippen LogP contribution < -0.4 is 9.05 Å². The summed E-state index contributed by atoms with van der Waals surface area (Å²) in [6.07, 6.45) is -0.220. The Kier molecular flexibility index (Phi) is 7.62. The van der Waals surface area contributed by atoms with Crippen LogP contribution in [0.25, 0.3) is 0 Å². The van der Waals surface area contributed by atoms with E-state index in [9.17, 15) is 19.5 Å². The lowest BCUT2D eigenvalue weighted by Crippen LogP contribution is -2.25. The van der Waals surface area contributed by atoms with E-state index in [1.165, 1.54) is 24.3 Å². The minimum Gasteiger partial charge on any atom is -0.465 e. The van der Waals surface area contributed by atoms with Crippen molar-refractivity contribution in [2.45, 2.75) is 27.7 Å². The molecule has 9 heteroatoms. The number of hydrogen-bond acceptors (Lipinski definition) is 7. The van der Waals surface area contributed by atoms with Crippen LogP contribution in [0.2, 0.25) is 0 Å². The molecule has 0 aliphatic carbocycles. The highest BCUT2D eigenvalue weighted by molar-refractivity contribution is 7.54. The molecule has 0 aromatic heterocycles. The van der Waals surface area contributed by atoms with Crippen molar-refractivity contribution in [3.63, 3.8) is 0 Å².